The molecule has 0 unspecified atom stereocenters. The number of esters is 2. The molecule has 0 spiro atoms. The van der Waals surface area contributed by atoms with E-state index < -0.39 is 12.1 Å². The van der Waals surface area contributed by atoms with E-state index in [0.29, 0.717) is 18.6 Å². The number of hydrogen-bond acceptors (Lipinski definition) is 5. The van der Waals surface area contributed by atoms with Crippen molar-refractivity contribution < 1.29 is 24.2 Å². The Kier molecular flexibility index (Phi) is 5.06. The van der Waals surface area contributed by atoms with Crippen molar-refractivity contribution in [1.29, 1.82) is 0 Å². The van der Waals surface area contributed by atoms with Crippen LogP contribution in [0.25, 0.3) is 0 Å². The molecular formula is C17H24O5. The van der Waals surface area contributed by atoms with Gasteiger partial charge in [-0.1, -0.05) is 24.6 Å². The summed E-state index contributed by atoms with van der Waals surface area (Å²) >= 11 is 0. The summed E-state index contributed by atoms with van der Waals surface area (Å²) in [6, 6.07) is 0. The lowest BCUT2D eigenvalue weighted by atomic mass is 9.82. The third-order valence-electron chi connectivity index (χ3n) is 4.70. The molecule has 2 aliphatic rings. The smallest absolute Gasteiger partial charge is 0.334 e. The van der Waals surface area contributed by atoms with Gasteiger partial charge in [0.05, 0.1) is 18.6 Å². The molecule has 1 aliphatic carbocycles. The van der Waals surface area contributed by atoms with E-state index in [1.807, 2.05) is 13.8 Å². The second-order valence-electron chi connectivity index (χ2n) is 6.23. The molecule has 0 aromatic carbocycles. The third-order valence-corrected chi connectivity index (χ3v) is 4.70. The van der Waals surface area contributed by atoms with Gasteiger partial charge in [0.25, 0.3) is 0 Å². The van der Waals surface area contributed by atoms with E-state index in [9.17, 15) is 14.7 Å². The lowest BCUT2D eigenvalue weighted by Crippen LogP contribution is -2.32. The second-order valence-corrected chi connectivity index (χ2v) is 6.23. The molecule has 0 amide bonds. The van der Waals surface area contributed by atoms with Crippen molar-refractivity contribution >= 4 is 11.9 Å². The van der Waals surface area contributed by atoms with Gasteiger partial charge in [-0.25, -0.2) is 4.79 Å². The largest absolute Gasteiger partial charge is 0.466 e. The average Bonchev–Trinajstić information content (AvgIpc) is 2.67. The fourth-order valence-electron chi connectivity index (χ4n) is 3.50. The summed E-state index contributed by atoms with van der Waals surface area (Å²) in [5.74, 6) is -1.08. The molecule has 1 N–H and O–H groups in total. The van der Waals surface area contributed by atoms with E-state index in [1.165, 1.54) is 6.92 Å². The molecule has 2 rings (SSSR count). The summed E-state index contributed by atoms with van der Waals surface area (Å²) in [4.78, 5) is 22.5. The first kappa shape index (κ1) is 16.7. The normalized spacial score (nSPS) is 31.6. The Balaban J connectivity index is 2.10. The maximum Gasteiger partial charge on any atom is 0.334 e. The Hall–Kier alpha value is -1.62. The number of carbonyl (C=O) groups excluding carboxylic acids is 2. The molecule has 0 bridgehead atoms. The predicted molar refractivity (Wildman–Crippen MR) is 80.9 cm³/mol. The van der Waals surface area contributed by atoms with Crippen molar-refractivity contribution in [3.05, 3.63) is 23.3 Å². The van der Waals surface area contributed by atoms with Crippen molar-refractivity contribution in [3.63, 3.8) is 0 Å². The van der Waals surface area contributed by atoms with Gasteiger partial charge in [-0.2, -0.15) is 0 Å². The maximum atomic E-state index is 11.7. The molecule has 0 saturated carbocycles. The van der Waals surface area contributed by atoms with Crippen LogP contribution < -0.4 is 0 Å². The highest BCUT2D eigenvalue weighted by Gasteiger charge is 2.46. The number of aliphatic hydroxyl groups is 1. The standard InChI is InChI=1S/C17H24O5/c1-9-8-14-15(11(3)17(20)22-14)16(19)10(2)13(9)6-5-7-21-12(4)18/h10,14-16,19H,3,5-8H2,1-2,4H3/t10-,14-,15-,16-/m1/s1. The Labute approximate surface area is 131 Å². The van der Waals surface area contributed by atoms with Crippen LogP contribution in [0.3, 0.4) is 0 Å². The molecule has 22 heavy (non-hydrogen) atoms. The fraction of sp³-hybridized carbons (Fsp3) is 0.647. The fourth-order valence-corrected chi connectivity index (χ4v) is 3.50. The van der Waals surface area contributed by atoms with Crippen LogP contribution in [0.1, 0.15) is 40.0 Å². The van der Waals surface area contributed by atoms with Crippen LogP contribution >= 0.6 is 0 Å². The van der Waals surface area contributed by atoms with Crippen molar-refractivity contribution in [1.82, 2.24) is 0 Å². The molecule has 4 atom stereocenters. The van der Waals surface area contributed by atoms with Crippen LogP contribution in [0, 0.1) is 11.8 Å². The van der Waals surface area contributed by atoms with Gasteiger partial charge in [0, 0.05) is 24.8 Å². The zero-order valence-corrected chi connectivity index (χ0v) is 13.4. The zero-order valence-electron chi connectivity index (χ0n) is 13.4. The molecule has 1 saturated heterocycles. The monoisotopic (exact) mass is 308 g/mol. The minimum Gasteiger partial charge on any atom is -0.466 e. The molecule has 1 aliphatic heterocycles. The van der Waals surface area contributed by atoms with Gasteiger partial charge < -0.3 is 14.6 Å². The SMILES string of the molecule is C=C1C(=O)O[C@@H]2CC(C)=C(CCCOC(C)=O)[C@@H](C)[C@@H](O)[C@H]12. The molecule has 122 valence electrons. The van der Waals surface area contributed by atoms with E-state index in [1.54, 1.807) is 0 Å². The molecule has 0 aromatic heterocycles. The van der Waals surface area contributed by atoms with Gasteiger partial charge in [-0.05, 0) is 19.8 Å². The van der Waals surface area contributed by atoms with Gasteiger partial charge in [0.15, 0.2) is 0 Å². The van der Waals surface area contributed by atoms with Crippen LogP contribution in [0.2, 0.25) is 0 Å². The number of ether oxygens (including phenoxy) is 2. The molecule has 1 heterocycles. The van der Waals surface area contributed by atoms with Crippen LogP contribution in [0.15, 0.2) is 23.3 Å². The quantitative estimate of drug-likeness (QED) is 0.373. The first-order valence-electron chi connectivity index (χ1n) is 7.72. The topological polar surface area (TPSA) is 72.8 Å². The van der Waals surface area contributed by atoms with Crippen LogP contribution in [-0.4, -0.2) is 35.9 Å². The van der Waals surface area contributed by atoms with Crippen LogP contribution in [-0.2, 0) is 19.1 Å². The zero-order chi connectivity index (χ0) is 16.4. The summed E-state index contributed by atoms with van der Waals surface area (Å²) in [5, 5.41) is 10.6. The summed E-state index contributed by atoms with van der Waals surface area (Å²) in [7, 11) is 0. The Morgan fingerprint density at radius 3 is 2.82 bits per heavy atom. The number of rotatable bonds is 4. The first-order chi connectivity index (χ1) is 10.3. The maximum absolute atomic E-state index is 11.7. The van der Waals surface area contributed by atoms with E-state index in [4.69, 9.17) is 9.47 Å². The second kappa shape index (κ2) is 6.65. The highest BCUT2D eigenvalue weighted by Crippen LogP contribution is 2.42. The summed E-state index contributed by atoms with van der Waals surface area (Å²) in [6.07, 6.45) is 1.12. The summed E-state index contributed by atoms with van der Waals surface area (Å²) in [6.45, 7) is 9.53. The Morgan fingerprint density at radius 1 is 1.50 bits per heavy atom. The Morgan fingerprint density at radius 2 is 2.18 bits per heavy atom. The molecule has 5 nitrogen and oxygen atoms in total. The van der Waals surface area contributed by atoms with Gasteiger partial charge in [-0.15, -0.1) is 0 Å². The number of fused-ring (bicyclic) bond motifs is 1. The number of aliphatic hydroxyl groups excluding tert-OH is 1. The molecule has 1 fully saturated rings. The highest BCUT2D eigenvalue weighted by molar-refractivity contribution is 5.91. The lowest BCUT2D eigenvalue weighted by Gasteiger charge is -2.26. The molecule has 5 heteroatoms. The van der Waals surface area contributed by atoms with E-state index in [-0.39, 0.29) is 23.9 Å². The van der Waals surface area contributed by atoms with Crippen molar-refractivity contribution in [2.45, 2.75) is 52.2 Å². The van der Waals surface area contributed by atoms with E-state index in [2.05, 4.69) is 6.58 Å². The van der Waals surface area contributed by atoms with E-state index >= 15 is 0 Å². The van der Waals surface area contributed by atoms with Crippen molar-refractivity contribution in [2.24, 2.45) is 11.8 Å². The average molecular weight is 308 g/mol. The molecular weight excluding hydrogens is 284 g/mol. The highest BCUT2D eigenvalue weighted by atomic mass is 16.6. The van der Waals surface area contributed by atoms with Gasteiger partial charge in [0.2, 0.25) is 0 Å². The lowest BCUT2D eigenvalue weighted by molar-refractivity contribution is -0.141. The summed E-state index contributed by atoms with van der Waals surface area (Å²) in [5.41, 5.74) is 2.68. The van der Waals surface area contributed by atoms with Crippen LogP contribution in [0.5, 0.6) is 0 Å². The molecule has 0 radical (unpaired) electrons. The molecule has 0 aromatic rings. The first-order valence-corrected chi connectivity index (χ1v) is 7.72. The van der Waals surface area contributed by atoms with Gasteiger partial charge >= 0.3 is 11.9 Å². The minimum atomic E-state index is -0.676. The number of hydrogen-bond donors (Lipinski definition) is 1. The minimum absolute atomic E-state index is 0.0708. The van der Waals surface area contributed by atoms with Gasteiger partial charge in [-0.3, -0.25) is 4.79 Å². The van der Waals surface area contributed by atoms with Crippen molar-refractivity contribution in [3.8, 4) is 0 Å². The van der Waals surface area contributed by atoms with Crippen molar-refractivity contribution in [2.75, 3.05) is 6.61 Å². The summed E-state index contributed by atoms with van der Waals surface area (Å²) < 4.78 is 10.3. The Bertz CT molecular complexity index is 519. The van der Waals surface area contributed by atoms with E-state index in [0.717, 1.165) is 24.0 Å². The third kappa shape index (κ3) is 3.24. The number of carbonyl (C=O) groups is 2. The predicted octanol–water partition coefficient (Wildman–Crippen LogP) is 2.14. The van der Waals surface area contributed by atoms with Gasteiger partial charge in [0.1, 0.15) is 6.10 Å². The van der Waals surface area contributed by atoms with Crippen LogP contribution in [0.4, 0.5) is 0 Å².